The minimum atomic E-state index is -0.459. The van der Waals surface area contributed by atoms with Crippen LogP contribution in [0.1, 0.15) is 22.3 Å². The second-order valence-electron chi connectivity index (χ2n) is 7.23. The van der Waals surface area contributed by atoms with Crippen LogP contribution in [0.4, 0.5) is 0 Å². The van der Waals surface area contributed by atoms with Crippen LogP contribution < -0.4 is 0 Å². The highest BCUT2D eigenvalue weighted by Crippen LogP contribution is 2.65. The third-order valence-corrected chi connectivity index (χ3v) is 5.43. The molecule has 0 unspecified atom stereocenters. The van der Waals surface area contributed by atoms with Gasteiger partial charge in [-0.25, -0.2) is 0 Å². The van der Waals surface area contributed by atoms with Crippen molar-refractivity contribution in [3.63, 3.8) is 0 Å². The van der Waals surface area contributed by atoms with E-state index < -0.39 is 5.54 Å². The molecule has 0 spiro atoms. The smallest absolute Gasteiger partial charge is 0.138 e. The SMILES string of the molecule is C(=NC1(c2ccccc2)C(c2ccccc2)=C1c1ccccc1)c1ccccc1. The van der Waals surface area contributed by atoms with Crippen molar-refractivity contribution in [2.45, 2.75) is 5.54 Å². The number of hydrogen-bond donors (Lipinski definition) is 0. The van der Waals surface area contributed by atoms with Gasteiger partial charge in [-0.3, -0.25) is 4.99 Å². The van der Waals surface area contributed by atoms with E-state index in [1.165, 1.54) is 27.8 Å². The molecule has 1 aliphatic rings. The summed E-state index contributed by atoms with van der Waals surface area (Å²) in [5.41, 5.74) is 6.85. The van der Waals surface area contributed by atoms with Gasteiger partial charge >= 0.3 is 0 Å². The minimum Gasteiger partial charge on any atom is -0.271 e. The van der Waals surface area contributed by atoms with Crippen molar-refractivity contribution >= 4 is 17.4 Å². The minimum absolute atomic E-state index is 0.459. The summed E-state index contributed by atoms with van der Waals surface area (Å²) in [4.78, 5) is 5.22. The fourth-order valence-corrected chi connectivity index (χ4v) is 4.07. The average molecular weight is 371 g/mol. The molecule has 4 aromatic carbocycles. The Morgan fingerprint density at radius 1 is 0.483 bits per heavy atom. The van der Waals surface area contributed by atoms with Crippen molar-refractivity contribution in [3.8, 4) is 0 Å². The van der Waals surface area contributed by atoms with Gasteiger partial charge in [-0.2, -0.15) is 0 Å². The van der Waals surface area contributed by atoms with E-state index in [1.54, 1.807) is 0 Å². The van der Waals surface area contributed by atoms with Crippen molar-refractivity contribution in [1.29, 1.82) is 0 Å². The molecule has 0 fully saturated rings. The van der Waals surface area contributed by atoms with Crippen LogP contribution in [-0.4, -0.2) is 6.21 Å². The molecule has 0 bridgehead atoms. The van der Waals surface area contributed by atoms with Crippen molar-refractivity contribution in [2.24, 2.45) is 4.99 Å². The molecule has 0 aliphatic heterocycles. The Morgan fingerprint density at radius 3 is 1.38 bits per heavy atom. The summed E-state index contributed by atoms with van der Waals surface area (Å²) < 4.78 is 0. The molecule has 0 saturated carbocycles. The summed E-state index contributed by atoms with van der Waals surface area (Å²) >= 11 is 0. The molecule has 5 rings (SSSR count). The van der Waals surface area contributed by atoms with Crippen molar-refractivity contribution < 1.29 is 0 Å². The zero-order valence-electron chi connectivity index (χ0n) is 16.1. The van der Waals surface area contributed by atoms with Gasteiger partial charge in [0.15, 0.2) is 0 Å². The molecular weight excluding hydrogens is 350 g/mol. The summed E-state index contributed by atoms with van der Waals surface area (Å²) in [7, 11) is 0. The van der Waals surface area contributed by atoms with Gasteiger partial charge < -0.3 is 0 Å². The molecule has 0 N–H and O–H groups in total. The number of aliphatic imine (C=N–C) groups is 1. The number of rotatable bonds is 5. The van der Waals surface area contributed by atoms with Crippen LogP contribution in [0.15, 0.2) is 126 Å². The first-order chi connectivity index (χ1) is 14.4. The van der Waals surface area contributed by atoms with Crippen LogP contribution in [0, 0.1) is 0 Å². The Balaban J connectivity index is 1.71. The highest BCUT2D eigenvalue weighted by atomic mass is 14.9. The average Bonchev–Trinajstić information content (AvgIpc) is 3.50. The van der Waals surface area contributed by atoms with Gasteiger partial charge in [0.2, 0.25) is 0 Å². The third kappa shape index (κ3) is 3.11. The first kappa shape index (κ1) is 17.4. The largest absolute Gasteiger partial charge is 0.271 e. The highest BCUT2D eigenvalue weighted by molar-refractivity contribution is 6.19. The Hall–Kier alpha value is -3.71. The van der Waals surface area contributed by atoms with Crippen molar-refractivity contribution in [1.82, 2.24) is 0 Å². The van der Waals surface area contributed by atoms with Gasteiger partial charge in [0.1, 0.15) is 5.54 Å². The fourth-order valence-electron chi connectivity index (χ4n) is 4.07. The summed E-state index contributed by atoms with van der Waals surface area (Å²) in [5.74, 6) is 0. The normalized spacial score (nSPS) is 14.9. The van der Waals surface area contributed by atoms with Gasteiger partial charge in [0, 0.05) is 17.4 Å². The van der Waals surface area contributed by atoms with Gasteiger partial charge in [0.05, 0.1) is 0 Å². The Bertz CT molecular complexity index is 1110. The predicted molar refractivity (Wildman–Crippen MR) is 122 cm³/mol. The Labute approximate surface area is 171 Å². The topological polar surface area (TPSA) is 12.4 Å². The van der Waals surface area contributed by atoms with E-state index in [9.17, 15) is 0 Å². The lowest BCUT2D eigenvalue weighted by atomic mass is 9.93. The molecule has 0 radical (unpaired) electrons. The van der Waals surface area contributed by atoms with E-state index >= 15 is 0 Å². The van der Waals surface area contributed by atoms with Crippen LogP contribution in [0.25, 0.3) is 11.1 Å². The second-order valence-corrected chi connectivity index (χ2v) is 7.23. The second kappa shape index (κ2) is 7.37. The maximum atomic E-state index is 5.22. The van der Waals surface area contributed by atoms with Crippen LogP contribution in [0.2, 0.25) is 0 Å². The molecular formula is C28H21N. The van der Waals surface area contributed by atoms with Crippen molar-refractivity contribution in [2.75, 3.05) is 0 Å². The monoisotopic (exact) mass is 371 g/mol. The van der Waals surface area contributed by atoms with E-state index in [4.69, 9.17) is 4.99 Å². The van der Waals surface area contributed by atoms with Gasteiger partial charge in [-0.1, -0.05) is 121 Å². The molecule has 1 nitrogen and oxygen atoms in total. The number of hydrogen-bond acceptors (Lipinski definition) is 1. The van der Waals surface area contributed by atoms with E-state index in [0.29, 0.717) is 0 Å². The lowest BCUT2D eigenvalue weighted by Gasteiger charge is -2.17. The fraction of sp³-hybridized carbons (Fsp3) is 0.0357. The van der Waals surface area contributed by atoms with Crippen LogP contribution in [0.3, 0.4) is 0 Å². The third-order valence-electron chi connectivity index (χ3n) is 5.43. The van der Waals surface area contributed by atoms with E-state index in [2.05, 4.69) is 103 Å². The van der Waals surface area contributed by atoms with Gasteiger partial charge in [0.25, 0.3) is 0 Å². The summed E-state index contributed by atoms with van der Waals surface area (Å²) in [5, 5.41) is 0. The summed E-state index contributed by atoms with van der Waals surface area (Å²) in [6.07, 6.45) is 2.01. The molecule has 4 aromatic rings. The lowest BCUT2D eigenvalue weighted by Crippen LogP contribution is -2.11. The van der Waals surface area contributed by atoms with Crippen LogP contribution in [-0.2, 0) is 5.54 Å². The van der Waals surface area contributed by atoms with Gasteiger partial charge in [-0.05, 0) is 22.3 Å². The van der Waals surface area contributed by atoms with E-state index in [1.807, 2.05) is 24.4 Å². The maximum absolute atomic E-state index is 5.22. The number of benzene rings is 4. The van der Waals surface area contributed by atoms with Crippen molar-refractivity contribution in [3.05, 3.63) is 144 Å². The zero-order valence-corrected chi connectivity index (χ0v) is 16.1. The maximum Gasteiger partial charge on any atom is 0.138 e. The number of nitrogens with zero attached hydrogens (tertiary/aromatic N) is 1. The summed E-state index contributed by atoms with van der Waals surface area (Å²) in [6.45, 7) is 0. The Morgan fingerprint density at radius 2 is 0.897 bits per heavy atom. The highest BCUT2D eigenvalue weighted by Gasteiger charge is 2.55. The van der Waals surface area contributed by atoms with E-state index in [-0.39, 0.29) is 0 Å². The first-order valence-corrected chi connectivity index (χ1v) is 9.91. The molecule has 1 aliphatic carbocycles. The molecule has 0 amide bonds. The van der Waals surface area contributed by atoms with Crippen LogP contribution >= 0.6 is 0 Å². The standard InChI is InChI=1S/C28H21N/c1-5-13-22(14-6-1)21-29-28(25-19-11-4-12-20-25)26(23-15-7-2-8-16-23)27(28)24-17-9-3-10-18-24/h1-21H. The molecule has 1 heteroatoms. The summed E-state index contributed by atoms with van der Waals surface area (Å²) in [6, 6.07) is 42.2. The molecule has 29 heavy (non-hydrogen) atoms. The van der Waals surface area contributed by atoms with E-state index in [0.717, 1.165) is 5.56 Å². The van der Waals surface area contributed by atoms with Gasteiger partial charge in [-0.15, -0.1) is 0 Å². The van der Waals surface area contributed by atoms with Crippen LogP contribution in [0.5, 0.6) is 0 Å². The lowest BCUT2D eigenvalue weighted by molar-refractivity contribution is 0.850. The molecule has 0 aromatic heterocycles. The zero-order chi connectivity index (χ0) is 19.5. The molecule has 138 valence electrons. The molecule has 0 saturated heterocycles. The molecule has 0 heterocycles. The predicted octanol–water partition coefficient (Wildman–Crippen LogP) is 6.63. The first-order valence-electron chi connectivity index (χ1n) is 9.91. The molecule has 0 atom stereocenters. The Kier molecular flexibility index (Phi) is 4.42. The quantitative estimate of drug-likeness (QED) is 0.349.